The summed E-state index contributed by atoms with van der Waals surface area (Å²) in [6, 6.07) is 9.31. The van der Waals surface area contributed by atoms with Gasteiger partial charge in [-0.15, -0.1) is 0 Å². The predicted molar refractivity (Wildman–Crippen MR) is 127 cm³/mol. The Morgan fingerprint density at radius 3 is 2.80 bits per heavy atom. The van der Waals surface area contributed by atoms with Crippen LogP contribution in [0.1, 0.15) is 28.6 Å². The number of pyridine rings is 1. The third-order valence-corrected chi connectivity index (χ3v) is 5.75. The SMILES string of the molecule is COC(=O)N1CC(c2nc(-c3ccc(C)c(NC=O)c3)no2)C1.Cc1cnc2ccc(CO)cn12. The molecule has 1 aliphatic heterocycles. The third kappa shape index (κ3) is 5.14. The summed E-state index contributed by atoms with van der Waals surface area (Å²) in [6.45, 7) is 4.96. The van der Waals surface area contributed by atoms with E-state index in [4.69, 9.17) is 9.63 Å². The average molecular weight is 479 g/mol. The van der Waals surface area contributed by atoms with Gasteiger partial charge in [0.25, 0.3) is 0 Å². The summed E-state index contributed by atoms with van der Waals surface area (Å²) < 4.78 is 11.9. The van der Waals surface area contributed by atoms with Crippen molar-refractivity contribution >= 4 is 23.8 Å². The molecule has 0 atom stereocenters. The molecule has 4 aromatic rings. The molecule has 4 heterocycles. The summed E-state index contributed by atoms with van der Waals surface area (Å²) in [4.78, 5) is 32.1. The number of hydrogen-bond acceptors (Lipinski definition) is 8. The van der Waals surface area contributed by atoms with Crippen molar-refractivity contribution in [1.82, 2.24) is 24.4 Å². The number of fused-ring (bicyclic) bond motifs is 1. The van der Waals surface area contributed by atoms with E-state index in [1.807, 2.05) is 54.9 Å². The maximum absolute atomic E-state index is 11.3. The standard InChI is InChI=1S/C15H16N4O4.C9H10N2O/c1-9-3-4-10(5-12(9)16-8-20)13-17-14(23-18-13)11-6-19(7-11)15(21)22-2;1-7-4-10-9-3-2-8(6-12)5-11(7)9/h3-5,8,11H,6-7H2,1-2H3,(H,16,20);2-5,12H,6H2,1H3. The highest BCUT2D eigenvalue weighted by Crippen LogP contribution is 2.29. The molecule has 35 heavy (non-hydrogen) atoms. The second-order valence-electron chi connectivity index (χ2n) is 8.14. The molecule has 11 heteroatoms. The average Bonchev–Trinajstić information content (AvgIpc) is 3.47. The van der Waals surface area contributed by atoms with Crippen molar-refractivity contribution in [3.05, 3.63) is 65.4 Å². The Balaban J connectivity index is 0.000000201. The lowest BCUT2D eigenvalue weighted by atomic mass is 10.0. The summed E-state index contributed by atoms with van der Waals surface area (Å²) in [5.41, 5.74) is 5.30. The number of carbonyl (C=O) groups is 2. The van der Waals surface area contributed by atoms with Gasteiger partial charge in [0.15, 0.2) is 0 Å². The number of rotatable bonds is 5. The number of aliphatic hydroxyl groups is 1. The van der Waals surface area contributed by atoms with Crippen LogP contribution in [0.4, 0.5) is 10.5 Å². The minimum Gasteiger partial charge on any atom is -0.453 e. The first-order chi connectivity index (χ1) is 16.9. The smallest absolute Gasteiger partial charge is 0.409 e. The number of methoxy groups -OCH3 is 1. The van der Waals surface area contributed by atoms with Gasteiger partial charge in [-0.3, -0.25) is 4.79 Å². The van der Waals surface area contributed by atoms with Gasteiger partial charge >= 0.3 is 6.09 Å². The predicted octanol–water partition coefficient (Wildman–Crippen LogP) is 2.91. The Hall–Kier alpha value is -4.25. The molecule has 0 aliphatic carbocycles. The number of nitrogens with one attached hydrogen (secondary N) is 1. The summed E-state index contributed by atoms with van der Waals surface area (Å²) in [5, 5.41) is 15.5. The molecule has 2 N–H and O–H groups in total. The number of carbonyl (C=O) groups excluding carboxylic acids is 2. The van der Waals surface area contributed by atoms with Crippen LogP contribution in [0.25, 0.3) is 17.0 Å². The van der Waals surface area contributed by atoms with Crippen LogP contribution in [0, 0.1) is 13.8 Å². The number of aromatic nitrogens is 4. The van der Waals surface area contributed by atoms with Crippen molar-refractivity contribution < 1.29 is 24.0 Å². The Morgan fingerprint density at radius 2 is 2.09 bits per heavy atom. The first-order valence-electron chi connectivity index (χ1n) is 10.9. The third-order valence-electron chi connectivity index (χ3n) is 5.75. The Morgan fingerprint density at radius 1 is 1.29 bits per heavy atom. The zero-order valence-corrected chi connectivity index (χ0v) is 19.6. The van der Waals surface area contributed by atoms with Gasteiger partial charge in [-0.2, -0.15) is 4.98 Å². The number of anilines is 1. The van der Waals surface area contributed by atoms with Gasteiger partial charge < -0.3 is 29.0 Å². The molecule has 182 valence electrons. The van der Waals surface area contributed by atoms with Crippen LogP contribution in [0.2, 0.25) is 0 Å². The fourth-order valence-electron chi connectivity index (χ4n) is 3.65. The lowest BCUT2D eigenvalue weighted by Crippen LogP contribution is -2.48. The molecule has 1 saturated heterocycles. The summed E-state index contributed by atoms with van der Waals surface area (Å²) in [5.74, 6) is 0.962. The van der Waals surface area contributed by atoms with Crippen LogP contribution in [0.3, 0.4) is 0 Å². The Bertz CT molecular complexity index is 1340. The van der Waals surface area contributed by atoms with Gasteiger partial charge in [0.2, 0.25) is 18.1 Å². The van der Waals surface area contributed by atoms with Gasteiger partial charge in [0, 0.05) is 42.4 Å². The van der Waals surface area contributed by atoms with Gasteiger partial charge in [0.1, 0.15) is 5.65 Å². The normalized spacial score (nSPS) is 13.1. The molecule has 0 spiro atoms. The number of imidazole rings is 1. The van der Waals surface area contributed by atoms with Gasteiger partial charge in [-0.25, -0.2) is 9.78 Å². The van der Waals surface area contributed by atoms with Crippen molar-refractivity contribution in [2.45, 2.75) is 26.4 Å². The van der Waals surface area contributed by atoms with E-state index in [1.165, 1.54) is 7.11 Å². The molecule has 0 bridgehead atoms. The van der Waals surface area contributed by atoms with E-state index in [9.17, 15) is 9.59 Å². The molecule has 11 nitrogen and oxygen atoms in total. The van der Waals surface area contributed by atoms with E-state index in [0.29, 0.717) is 36.9 Å². The van der Waals surface area contributed by atoms with Crippen LogP contribution in [0.5, 0.6) is 0 Å². The lowest BCUT2D eigenvalue weighted by molar-refractivity contribution is -0.105. The molecule has 0 unspecified atom stereocenters. The number of benzene rings is 1. The van der Waals surface area contributed by atoms with Crippen LogP contribution in [-0.2, 0) is 16.1 Å². The quantitative estimate of drug-likeness (QED) is 0.418. The maximum atomic E-state index is 11.3. The molecule has 1 aliphatic rings. The number of ether oxygens (including phenoxy) is 1. The molecule has 2 amide bonds. The number of hydrogen-bond donors (Lipinski definition) is 2. The number of aryl methyl sites for hydroxylation is 2. The minimum absolute atomic E-state index is 0.0216. The monoisotopic (exact) mass is 478 g/mol. The van der Waals surface area contributed by atoms with Crippen molar-refractivity contribution in [1.29, 1.82) is 0 Å². The van der Waals surface area contributed by atoms with E-state index in [1.54, 1.807) is 11.0 Å². The van der Waals surface area contributed by atoms with Crippen LogP contribution in [-0.4, -0.2) is 62.2 Å². The van der Waals surface area contributed by atoms with Crippen molar-refractivity contribution in [2.75, 3.05) is 25.5 Å². The van der Waals surface area contributed by atoms with Crippen molar-refractivity contribution in [2.24, 2.45) is 0 Å². The maximum Gasteiger partial charge on any atom is 0.409 e. The van der Waals surface area contributed by atoms with Crippen LogP contribution >= 0.6 is 0 Å². The first kappa shape index (κ1) is 23.9. The molecular weight excluding hydrogens is 452 g/mol. The minimum atomic E-state index is -0.357. The van der Waals surface area contributed by atoms with E-state index < -0.39 is 0 Å². The highest BCUT2D eigenvalue weighted by atomic mass is 16.5. The fourth-order valence-corrected chi connectivity index (χ4v) is 3.65. The van der Waals surface area contributed by atoms with Crippen molar-refractivity contribution in [3.8, 4) is 11.4 Å². The van der Waals surface area contributed by atoms with Gasteiger partial charge in [0.05, 0.1) is 19.6 Å². The summed E-state index contributed by atoms with van der Waals surface area (Å²) >= 11 is 0. The molecule has 1 fully saturated rings. The lowest BCUT2D eigenvalue weighted by Gasteiger charge is -2.35. The number of nitrogens with zero attached hydrogens (tertiary/aromatic N) is 5. The second-order valence-corrected chi connectivity index (χ2v) is 8.14. The molecule has 0 radical (unpaired) electrons. The molecule has 0 saturated carbocycles. The Labute approximate surface area is 201 Å². The van der Waals surface area contributed by atoms with E-state index in [2.05, 4.69) is 25.2 Å². The largest absolute Gasteiger partial charge is 0.453 e. The number of aliphatic hydroxyl groups excluding tert-OH is 1. The molecule has 1 aromatic carbocycles. The highest BCUT2D eigenvalue weighted by molar-refractivity contribution is 5.76. The molecule has 3 aromatic heterocycles. The zero-order valence-electron chi connectivity index (χ0n) is 19.6. The second kappa shape index (κ2) is 10.3. The number of likely N-dealkylation sites (tertiary alicyclic amines) is 1. The molecular formula is C24H26N6O5. The highest BCUT2D eigenvalue weighted by Gasteiger charge is 2.36. The van der Waals surface area contributed by atoms with Crippen molar-refractivity contribution in [3.63, 3.8) is 0 Å². The van der Waals surface area contributed by atoms with E-state index >= 15 is 0 Å². The summed E-state index contributed by atoms with van der Waals surface area (Å²) in [7, 11) is 1.35. The van der Waals surface area contributed by atoms with Gasteiger partial charge in [-0.05, 0) is 37.1 Å². The molecule has 5 rings (SSSR count). The number of amides is 2. The fraction of sp³-hybridized carbons (Fsp3) is 0.292. The van der Waals surface area contributed by atoms with Crippen LogP contribution in [0.15, 0.2) is 47.2 Å². The van der Waals surface area contributed by atoms with Crippen LogP contribution < -0.4 is 5.32 Å². The van der Waals surface area contributed by atoms with E-state index in [0.717, 1.165) is 28.0 Å². The van der Waals surface area contributed by atoms with E-state index in [-0.39, 0.29) is 18.6 Å². The topological polar surface area (TPSA) is 135 Å². The first-order valence-corrected chi connectivity index (χ1v) is 10.9. The zero-order chi connectivity index (χ0) is 24.9. The Kier molecular flexibility index (Phi) is 7.06. The summed E-state index contributed by atoms with van der Waals surface area (Å²) in [6.07, 6.45) is 3.99. The van der Waals surface area contributed by atoms with Gasteiger partial charge in [-0.1, -0.05) is 23.4 Å².